The van der Waals surface area contributed by atoms with Crippen molar-refractivity contribution in [1.29, 1.82) is 0 Å². The Morgan fingerprint density at radius 1 is 1.13 bits per heavy atom. The number of guanidine groups is 1. The van der Waals surface area contributed by atoms with Gasteiger partial charge in [-0.2, -0.15) is 5.10 Å². The number of nitrogens with one attached hydrogen (secondary N) is 1. The van der Waals surface area contributed by atoms with Crippen molar-refractivity contribution in [2.75, 3.05) is 38.3 Å². The van der Waals surface area contributed by atoms with Crippen LogP contribution in [-0.2, 0) is 4.79 Å². The van der Waals surface area contributed by atoms with E-state index in [9.17, 15) is 9.59 Å². The molecule has 0 atom stereocenters. The minimum Gasteiger partial charge on any atom is -0.494 e. The normalized spacial score (nSPS) is 14.1. The molecule has 1 amide bonds. The molecule has 0 unspecified atom stereocenters. The molecule has 0 radical (unpaired) electrons. The minimum absolute atomic E-state index is 0.178. The summed E-state index contributed by atoms with van der Waals surface area (Å²) in [4.78, 5) is 45.7. The highest BCUT2D eigenvalue weighted by atomic mass is 16.5. The number of aromatic amines is 1. The first kappa shape index (κ1) is 24.6. The molecule has 1 saturated heterocycles. The number of methoxy groups -OCH3 is 1. The predicted octanol–water partition coefficient (Wildman–Crippen LogP) is -0.207. The van der Waals surface area contributed by atoms with Crippen LogP contribution in [0.3, 0.4) is 0 Å². The van der Waals surface area contributed by atoms with E-state index in [0.29, 0.717) is 53.2 Å². The van der Waals surface area contributed by atoms with E-state index in [2.05, 4.69) is 30.1 Å². The fourth-order valence-corrected chi connectivity index (χ4v) is 4.32. The first-order valence-corrected chi connectivity index (χ1v) is 11.7. The van der Waals surface area contributed by atoms with Crippen LogP contribution in [0.1, 0.15) is 16.2 Å². The van der Waals surface area contributed by atoms with Gasteiger partial charge < -0.3 is 25.4 Å². The molecule has 15 heteroatoms. The fraction of sp³-hybridized carbons (Fsp3) is 0.261. The number of ether oxygens (including phenoxy) is 1. The van der Waals surface area contributed by atoms with Crippen LogP contribution >= 0.6 is 0 Å². The number of nitrogens with zero attached hydrogens (tertiary/aromatic N) is 9. The number of nitrogens with two attached hydrogens (primary N) is 2. The molecule has 4 aromatic rings. The molecule has 15 nitrogen and oxygen atoms in total. The van der Waals surface area contributed by atoms with Gasteiger partial charge in [-0.05, 0) is 19.1 Å². The highest BCUT2D eigenvalue weighted by Gasteiger charge is 2.32. The third-order valence-corrected chi connectivity index (χ3v) is 6.21. The maximum Gasteiger partial charge on any atom is 0.295 e. The number of piperazine rings is 1. The molecule has 5 rings (SSSR count). The van der Waals surface area contributed by atoms with Crippen LogP contribution < -0.4 is 21.4 Å². The summed E-state index contributed by atoms with van der Waals surface area (Å²) in [6, 6.07) is 5.29. The van der Waals surface area contributed by atoms with Gasteiger partial charge in [-0.3, -0.25) is 9.59 Å². The first-order valence-electron chi connectivity index (χ1n) is 11.7. The van der Waals surface area contributed by atoms with Crippen molar-refractivity contribution >= 4 is 34.4 Å². The Kier molecular flexibility index (Phi) is 6.57. The molecule has 0 aliphatic carbocycles. The Labute approximate surface area is 216 Å². The van der Waals surface area contributed by atoms with Gasteiger partial charge in [-0.25, -0.2) is 30.5 Å². The van der Waals surface area contributed by atoms with E-state index in [1.807, 2.05) is 4.90 Å². The van der Waals surface area contributed by atoms with Crippen LogP contribution in [0.5, 0.6) is 5.75 Å². The molecule has 0 saturated carbocycles. The number of hydrogen-bond donors (Lipinski definition) is 3. The number of ketones is 1. The summed E-state index contributed by atoms with van der Waals surface area (Å²) in [5.41, 5.74) is 0.675. The maximum absolute atomic E-state index is 13.4. The number of aryl methyl sites for hydroxylation is 1. The SMILES string of the molecule is COc1cnc(-n2cnc(C)n2)c2[nH]cc(C(=O)C(=O)N3CCN(/C(=N/N)N(N)c4ccccn4)CC3)c12. The van der Waals surface area contributed by atoms with Crippen LogP contribution in [0.25, 0.3) is 16.7 Å². The number of pyridine rings is 2. The number of carbonyl (C=O) groups excluding carboxylic acids is 2. The van der Waals surface area contributed by atoms with E-state index in [-0.39, 0.29) is 18.7 Å². The number of anilines is 1. The van der Waals surface area contributed by atoms with Gasteiger partial charge >= 0.3 is 0 Å². The van der Waals surface area contributed by atoms with E-state index < -0.39 is 11.7 Å². The Balaban J connectivity index is 1.34. The molecule has 196 valence electrons. The van der Waals surface area contributed by atoms with Crippen LogP contribution in [-0.4, -0.2) is 90.5 Å². The zero-order valence-electron chi connectivity index (χ0n) is 20.8. The van der Waals surface area contributed by atoms with Gasteiger partial charge in [0.15, 0.2) is 5.82 Å². The number of aromatic nitrogens is 6. The highest BCUT2D eigenvalue weighted by Crippen LogP contribution is 2.31. The van der Waals surface area contributed by atoms with E-state index in [0.717, 1.165) is 0 Å². The second kappa shape index (κ2) is 10.1. The molecule has 0 aromatic carbocycles. The van der Waals surface area contributed by atoms with Crippen molar-refractivity contribution in [2.45, 2.75) is 6.92 Å². The number of hydrazone groups is 1. The molecule has 1 aliphatic heterocycles. The molecule has 38 heavy (non-hydrogen) atoms. The summed E-state index contributed by atoms with van der Waals surface area (Å²) in [6.07, 6.45) is 6.09. The smallest absolute Gasteiger partial charge is 0.295 e. The molecule has 4 aromatic heterocycles. The highest BCUT2D eigenvalue weighted by molar-refractivity contribution is 6.45. The quantitative estimate of drug-likeness (QED) is 0.0791. The standard InChI is InChI=1S/C23H26N12O3/c1-14-29-13-34(31-14)21-19-18(16(38-2)12-28-21)15(11-27-19)20(36)22(37)32-7-9-33(10-8-32)23(30-24)35(25)17-5-3-4-6-26-17/h3-6,11-13,27H,7-10,24-25H2,1-2H3/b30-23-. The van der Waals surface area contributed by atoms with Crippen molar-refractivity contribution in [1.82, 2.24) is 39.5 Å². The second-order valence-electron chi connectivity index (χ2n) is 8.43. The van der Waals surface area contributed by atoms with Gasteiger partial charge in [0.1, 0.15) is 23.7 Å². The lowest BCUT2D eigenvalue weighted by Crippen LogP contribution is -2.57. The van der Waals surface area contributed by atoms with E-state index in [1.165, 1.54) is 40.4 Å². The Morgan fingerprint density at radius 3 is 2.53 bits per heavy atom. The zero-order valence-corrected chi connectivity index (χ0v) is 20.8. The Bertz CT molecular complexity index is 1500. The average molecular weight is 519 g/mol. The fourth-order valence-electron chi connectivity index (χ4n) is 4.32. The van der Waals surface area contributed by atoms with Crippen molar-refractivity contribution in [2.24, 2.45) is 16.8 Å². The molecular formula is C23H26N12O3. The maximum atomic E-state index is 13.4. The number of hydrazine groups is 1. The lowest BCUT2D eigenvalue weighted by atomic mass is 10.1. The largest absolute Gasteiger partial charge is 0.494 e. The number of amides is 1. The van der Waals surface area contributed by atoms with Crippen molar-refractivity contribution in [3.63, 3.8) is 0 Å². The first-order chi connectivity index (χ1) is 18.4. The molecular weight excluding hydrogens is 492 g/mol. The molecule has 1 aliphatic rings. The monoisotopic (exact) mass is 518 g/mol. The molecule has 5 N–H and O–H groups in total. The number of H-pyrrole nitrogens is 1. The van der Waals surface area contributed by atoms with Gasteiger partial charge in [-0.1, -0.05) is 6.07 Å². The lowest BCUT2D eigenvalue weighted by molar-refractivity contribution is -0.127. The molecule has 1 fully saturated rings. The van der Waals surface area contributed by atoms with Gasteiger partial charge in [0.05, 0.1) is 29.8 Å². The van der Waals surface area contributed by atoms with Crippen LogP contribution in [0.15, 0.2) is 48.2 Å². The lowest BCUT2D eigenvalue weighted by Gasteiger charge is -2.37. The van der Waals surface area contributed by atoms with Gasteiger partial charge in [0, 0.05) is 38.6 Å². The van der Waals surface area contributed by atoms with E-state index in [4.69, 9.17) is 16.4 Å². The predicted molar refractivity (Wildman–Crippen MR) is 137 cm³/mol. The number of fused-ring (bicyclic) bond motifs is 1. The Morgan fingerprint density at radius 2 is 1.89 bits per heavy atom. The van der Waals surface area contributed by atoms with Crippen LogP contribution in [0.4, 0.5) is 5.82 Å². The summed E-state index contributed by atoms with van der Waals surface area (Å²) in [7, 11) is 1.47. The topological polar surface area (TPSA) is 190 Å². The van der Waals surface area contributed by atoms with Gasteiger partial charge in [0.25, 0.3) is 11.7 Å². The Hall–Kier alpha value is -5.05. The third-order valence-electron chi connectivity index (χ3n) is 6.21. The van der Waals surface area contributed by atoms with Crippen LogP contribution in [0.2, 0.25) is 0 Å². The summed E-state index contributed by atoms with van der Waals surface area (Å²) < 4.78 is 6.94. The number of rotatable bonds is 5. The number of carbonyl (C=O) groups is 2. The number of hydrogen-bond acceptors (Lipinski definition) is 10. The molecule has 0 bridgehead atoms. The minimum atomic E-state index is -0.670. The zero-order chi connectivity index (χ0) is 26.8. The summed E-state index contributed by atoms with van der Waals surface area (Å²) in [6.45, 7) is 3.03. The van der Waals surface area contributed by atoms with E-state index in [1.54, 1.807) is 31.3 Å². The van der Waals surface area contributed by atoms with Crippen molar-refractivity contribution in [3.8, 4) is 11.6 Å². The molecule has 0 spiro atoms. The average Bonchev–Trinajstić information content (AvgIpc) is 3.60. The second-order valence-corrected chi connectivity index (χ2v) is 8.43. The van der Waals surface area contributed by atoms with E-state index >= 15 is 0 Å². The summed E-state index contributed by atoms with van der Waals surface area (Å²) in [5.74, 6) is 12.6. The van der Waals surface area contributed by atoms with Crippen LogP contribution in [0, 0.1) is 6.92 Å². The van der Waals surface area contributed by atoms with Crippen molar-refractivity contribution < 1.29 is 14.3 Å². The van der Waals surface area contributed by atoms with Gasteiger partial charge in [-0.15, -0.1) is 5.10 Å². The summed E-state index contributed by atoms with van der Waals surface area (Å²) in [5, 5.41) is 9.83. The van der Waals surface area contributed by atoms with Gasteiger partial charge in [0.2, 0.25) is 5.96 Å². The third kappa shape index (κ3) is 4.34. The van der Waals surface area contributed by atoms with Crippen molar-refractivity contribution in [3.05, 3.63) is 54.5 Å². The molecule has 5 heterocycles. The summed E-state index contributed by atoms with van der Waals surface area (Å²) >= 11 is 0. The number of Topliss-reactive ketones (excluding diaryl/α,β-unsaturated/α-hetero) is 1.